The summed E-state index contributed by atoms with van der Waals surface area (Å²) in [4.78, 5) is 22.9. The van der Waals surface area contributed by atoms with Crippen LogP contribution in [0.2, 0.25) is 0 Å². The van der Waals surface area contributed by atoms with E-state index in [2.05, 4.69) is 0 Å². The van der Waals surface area contributed by atoms with Crippen LogP contribution in [0.15, 0.2) is 59.7 Å². The summed E-state index contributed by atoms with van der Waals surface area (Å²) in [5.41, 5.74) is -2.31. The smallest absolute Gasteiger partial charge is 0.328 e. The molecule has 4 nitrogen and oxygen atoms in total. The van der Waals surface area contributed by atoms with E-state index in [1.54, 1.807) is 20.8 Å². The highest BCUT2D eigenvalue weighted by Crippen LogP contribution is 2.45. The average Bonchev–Trinajstić information content (AvgIpc) is 2.56. The first-order valence-corrected chi connectivity index (χ1v) is 8.66. The number of carbonyl (C=O) groups is 2. The van der Waals surface area contributed by atoms with Crippen LogP contribution in [0.25, 0.3) is 6.08 Å². The van der Waals surface area contributed by atoms with E-state index in [-0.39, 0.29) is 23.3 Å². The number of ketones is 1. The van der Waals surface area contributed by atoms with E-state index in [9.17, 15) is 23.5 Å². The summed E-state index contributed by atoms with van der Waals surface area (Å²) < 4.78 is 27.8. The maximum Gasteiger partial charge on any atom is 0.328 e. The van der Waals surface area contributed by atoms with Gasteiger partial charge in [-0.2, -0.15) is 0 Å². The topological polar surface area (TPSA) is 74.6 Å². The fourth-order valence-electron chi connectivity index (χ4n) is 3.13. The number of hydrogen-bond donors (Lipinski definition) is 2. The number of rotatable bonds is 5. The number of carboxylic acid groups (broad SMARTS) is 1. The molecule has 0 radical (unpaired) electrons. The minimum Gasteiger partial charge on any atom is -0.478 e. The molecule has 0 aliphatic heterocycles. The SMILES string of the molecule is CC(=C/C(=O)O)/C=C/[C@@]1(O)C(/C=C/c2c(F)cccc2F)=CC(=O)CC1(C)C. The Kier molecular flexibility index (Phi) is 6.14. The molecule has 0 bridgehead atoms. The number of aliphatic hydroxyl groups is 1. The number of carbonyl (C=O) groups excluding carboxylic acids is 1. The molecule has 1 aromatic rings. The maximum absolute atomic E-state index is 13.9. The van der Waals surface area contributed by atoms with Crippen LogP contribution < -0.4 is 0 Å². The minimum absolute atomic E-state index is 0.0565. The van der Waals surface area contributed by atoms with Gasteiger partial charge in [0.1, 0.15) is 17.2 Å². The minimum atomic E-state index is -1.65. The van der Waals surface area contributed by atoms with Gasteiger partial charge in [-0.15, -0.1) is 0 Å². The molecule has 1 aromatic carbocycles. The number of benzene rings is 1. The lowest BCUT2D eigenvalue weighted by molar-refractivity contribution is -0.131. The molecule has 0 unspecified atom stereocenters. The zero-order chi connectivity index (χ0) is 21.1. The first kappa shape index (κ1) is 21.4. The van der Waals surface area contributed by atoms with Gasteiger partial charge in [0.2, 0.25) is 0 Å². The number of carboxylic acids is 1. The van der Waals surface area contributed by atoms with Gasteiger partial charge < -0.3 is 10.2 Å². The second kappa shape index (κ2) is 8.02. The van der Waals surface area contributed by atoms with Gasteiger partial charge in [0.15, 0.2) is 5.78 Å². The molecule has 0 spiro atoms. The second-order valence-corrected chi connectivity index (χ2v) is 7.42. The first-order valence-electron chi connectivity index (χ1n) is 8.66. The van der Waals surface area contributed by atoms with E-state index in [0.29, 0.717) is 5.57 Å². The van der Waals surface area contributed by atoms with Crippen molar-refractivity contribution in [1.82, 2.24) is 0 Å². The molecule has 0 aromatic heterocycles. The number of allylic oxidation sites excluding steroid dienone is 3. The first-order chi connectivity index (χ1) is 13.0. The van der Waals surface area contributed by atoms with Crippen LogP contribution in [-0.2, 0) is 9.59 Å². The monoisotopic (exact) mass is 388 g/mol. The van der Waals surface area contributed by atoms with Crippen LogP contribution in [0.1, 0.15) is 32.8 Å². The summed E-state index contributed by atoms with van der Waals surface area (Å²) in [6.07, 6.45) is 7.60. The molecule has 2 N–H and O–H groups in total. The second-order valence-electron chi connectivity index (χ2n) is 7.42. The van der Waals surface area contributed by atoms with Crippen molar-refractivity contribution in [2.24, 2.45) is 5.41 Å². The van der Waals surface area contributed by atoms with Crippen LogP contribution in [-0.4, -0.2) is 27.6 Å². The summed E-state index contributed by atoms with van der Waals surface area (Å²) in [6, 6.07) is 3.46. The van der Waals surface area contributed by atoms with Crippen molar-refractivity contribution >= 4 is 17.8 Å². The number of hydrogen-bond acceptors (Lipinski definition) is 3. The molecule has 0 saturated heterocycles. The van der Waals surface area contributed by atoms with Gasteiger partial charge in [-0.25, -0.2) is 13.6 Å². The summed E-state index contributed by atoms with van der Waals surface area (Å²) in [6.45, 7) is 4.94. The highest BCUT2D eigenvalue weighted by Gasteiger charge is 2.47. The van der Waals surface area contributed by atoms with Crippen molar-refractivity contribution in [2.45, 2.75) is 32.8 Å². The predicted molar refractivity (Wildman–Crippen MR) is 102 cm³/mol. The lowest BCUT2D eigenvalue weighted by atomic mass is 9.64. The molecular weight excluding hydrogens is 366 g/mol. The van der Waals surface area contributed by atoms with Crippen LogP contribution in [0, 0.1) is 17.0 Å². The number of halogens is 2. The molecule has 0 amide bonds. The molecule has 0 heterocycles. The van der Waals surface area contributed by atoms with Crippen molar-refractivity contribution in [3.63, 3.8) is 0 Å². The largest absolute Gasteiger partial charge is 0.478 e. The van der Waals surface area contributed by atoms with Crippen molar-refractivity contribution in [2.75, 3.05) is 0 Å². The molecule has 0 fully saturated rings. The number of aliphatic carboxylic acids is 1. The Bertz CT molecular complexity index is 902. The van der Waals surface area contributed by atoms with Gasteiger partial charge >= 0.3 is 5.97 Å². The van der Waals surface area contributed by atoms with E-state index in [4.69, 9.17) is 5.11 Å². The molecule has 2 rings (SSSR count). The fourth-order valence-corrected chi connectivity index (χ4v) is 3.13. The summed E-state index contributed by atoms with van der Waals surface area (Å²) in [7, 11) is 0. The third-order valence-electron chi connectivity index (χ3n) is 4.77. The summed E-state index contributed by atoms with van der Waals surface area (Å²) in [5.74, 6) is -2.89. The van der Waals surface area contributed by atoms with Crippen molar-refractivity contribution in [1.29, 1.82) is 0 Å². The summed E-state index contributed by atoms with van der Waals surface area (Å²) >= 11 is 0. The quantitative estimate of drug-likeness (QED) is 0.585. The van der Waals surface area contributed by atoms with E-state index in [1.165, 1.54) is 36.4 Å². The highest BCUT2D eigenvalue weighted by molar-refractivity contribution is 5.94. The third kappa shape index (κ3) is 4.51. The molecule has 6 heteroatoms. The zero-order valence-electron chi connectivity index (χ0n) is 15.9. The molecule has 1 atom stereocenters. The normalized spacial score (nSPS) is 22.7. The Hall–Kier alpha value is -2.86. The Morgan fingerprint density at radius 3 is 2.36 bits per heavy atom. The van der Waals surface area contributed by atoms with Gasteiger partial charge in [-0.1, -0.05) is 32.1 Å². The van der Waals surface area contributed by atoms with Gasteiger partial charge in [0.05, 0.1) is 0 Å². The van der Waals surface area contributed by atoms with Crippen molar-refractivity contribution in [3.8, 4) is 0 Å². The molecule has 0 saturated carbocycles. The molecule has 148 valence electrons. The average molecular weight is 388 g/mol. The van der Waals surface area contributed by atoms with Crippen LogP contribution in [0.4, 0.5) is 8.78 Å². The zero-order valence-corrected chi connectivity index (χ0v) is 15.9. The van der Waals surface area contributed by atoms with E-state index < -0.39 is 28.6 Å². The molecule has 1 aliphatic rings. The van der Waals surface area contributed by atoms with Crippen LogP contribution >= 0.6 is 0 Å². The summed E-state index contributed by atoms with van der Waals surface area (Å²) in [5, 5.41) is 20.2. The van der Waals surface area contributed by atoms with Gasteiger partial charge in [0.25, 0.3) is 0 Å². The fraction of sp³-hybridized carbons (Fsp3) is 0.273. The molecule has 1 aliphatic carbocycles. The maximum atomic E-state index is 13.9. The third-order valence-corrected chi connectivity index (χ3v) is 4.77. The van der Waals surface area contributed by atoms with Crippen LogP contribution in [0.5, 0.6) is 0 Å². The van der Waals surface area contributed by atoms with E-state index in [1.807, 2.05) is 0 Å². The Morgan fingerprint density at radius 2 is 1.79 bits per heavy atom. The van der Waals surface area contributed by atoms with E-state index >= 15 is 0 Å². The predicted octanol–water partition coefficient (Wildman–Crippen LogP) is 4.22. The highest BCUT2D eigenvalue weighted by atomic mass is 19.1. The van der Waals surface area contributed by atoms with Gasteiger partial charge in [0, 0.05) is 23.5 Å². The van der Waals surface area contributed by atoms with E-state index in [0.717, 1.165) is 18.2 Å². The lowest BCUT2D eigenvalue weighted by Crippen LogP contribution is -2.48. The Labute approximate surface area is 162 Å². The van der Waals surface area contributed by atoms with Crippen molar-refractivity contribution < 1.29 is 28.6 Å². The van der Waals surface area contributed by atoms with Gasteiger partial charge in [-0.05, 0) is 48.4 Å². The van der Waals surface area contributed by atoms with Crippen LogP contribution in [0.3, 0.4) is 0 Å². The van der Waals surface area contributed by atoms with Crippen molar-refractivity contribution in [3.05, 3.63) is 76.9 Å². The molecule has 28 heavy (non-hydrogen) atoms. The standard InChI is InChI=1S/C22H22F2O4/c1-14(11-20(26)27)9-10-22(28)15(12-16(25)13-21(22,2)3)7-8-17-18(23)5-4-6-19(17)24/h4-12,28H,13H2,1-3H3,(H,26,27)/b8-7+,10-9+,14-11-/t22-/m1/s1. The van der Waals surface area contributed by atoms with Gasteiger partial charge in [-0.3, -0.25) is 4.79 Å². The Balaban J connectivity index is 2.52. The molecular formula is C22H22F2O4. The lowest BCUT2D eigenvalue weighted by Gasteiger charge is -2.44. The Morgan fingerprint density at radius 1 is 1.18 bits per heavy atom.